The first-order valence-corrected chi connectivity index (χ1v) is 4.81. The zero-order valence-electron chi connectivity index (χ0n) is 8.74. The largest absolute Gasteiger partial charge is 0.475 e. The summed E-state index contributed by atoms with van der Waals surface area (Å²) < 4.78 is 1.39. The van der Waals surface area contributed by atoms with Gasteiger partial charge in [-0.1, -0.05) is 18.2 Å². The summed E-state index contributed by atoms with van der Waals surface area (Å²) >= 11 is 0. The zero-order valence-corrected chi connectivity index (χ0v) is 8.74. The van der Waals surface area contributed by atoms with Gasteiger partial charge in [0.2, 0.25) is 0 Å². The van der Waals surface area contributed by atoms with Crippen LogP contribution in [0.4, 0.5) is 0 Å². The SMILES string of the molecule is N#Cc1ccccc1Cn1cnc(C(=O)O)n1. The van der Waals surface area contributed by atoms with Gasteiger partial charge in [-0.25, -0.2) is 14.5 Å². The Bertz CT molecular complexity index is 598. The monoisotopic (exact) mass is 228 g/mol. The maximum absolute atomic E-state index is 10.6. The van der Waals surface area contributed by atoms with Crippen molar-refractivity contribution < 1.29 is 9.90 Å². The maximum atomic E-state index is 10.6. The fraction of sp³-hybridized carbons (Fsp3) is 0.0909. The molecule has 0 unspecified atom stereocenters. The first-order valence-electron chi connectivity index (χ1n) is 4.81. The van der Waals surface area contributed by atoms with Crippen LogP contribution in [-0.4, -0.2) is 25.8 Å². The van der Waals surface area contributed by atoms with Crippen LogP contribution in [0.3, 0.4) is 0 Å². The van der Waals surface area contributed by atoms with Crippen LogP contribution in [0.5, 0.6) is 0 Å². The van der Waals surface area contributed by atoms with Gasteiger partial charge in [0, 0.05) is 0 Å². The molecule has 0 aliphatic rings. The van der Waals surface area contributed by atoms with E-state index in [1.807, 2.05) is 6.07 Å². The summed E-state index contributed by atoms with van der Waals surface area (Å²) in [5, 5.41) is 21.4. The van der Waals surface area contributed by atoms with Crippen LogP contribution in [-0.2, 0) is 6.54 Å². The number of nitrogens with zero attached hydrogens (tertiary/aromatic N) is 4. The molecule has 0 radical (unpaired) electrons. The Morgan fingerprint density at radius 2 is 2.24 bits per heavy atom. The zero-order chi connectivity index (χ0) is 12.3. The quantitative estimate of drug-likeness (QED) is 0.842. The Hall–Kier alpha value is -2.68. The lowest BCUT2D eigenvalue weighted by atomic mass is 10.1. The number of benzene rings is 1. The molecular weight excluding hydrogens is 220 g/mol. The van der Waals surface area contributed by atoms with Gasteiger partial charge in [-0.3, -0.25) is 0 Å². The lowest BCUT2D eigenvalue weighted by Crippen LogP contribution is -2.05. The normalized spacial score (nSPS) is 9.82. The average Bonchev–Trinajstić information content (AvgIpc) is 2.78. The number of carboxylic acids is 1. The molecule has 0 fully saturated rings. The van der Waals surface area contributed by atoms with Crippen molar-refractivity contribution >= 4 is 5.97 Å². The summed E-state index contributed by atoms with van der Waals surface area (Å²) in [6.45, 7) is 0.323. The van der Waals surface area contributed by atoms with E-state index in [-0.39, 0.29) is 5.82 Å². The van der Waals surface area contributed by atoms with Crippen LogP contribution in [0.15, 0.2) is 30.6 Å². The Balaban J connectivity index is 2.26. The van der Waals surface area contributed by atoms with Crippen molar-refractivity contribution in [2.75, 3.05) is 0 Å². The average molecular weight is 228 g/mol. The number of carbonyl (C=O) groups is 1. The third-order valence-corrected chi connectivity index (χ3v) is 2.20. The molecule has 1 heterocycles. The highest BCUT2D eigenvalue weighted by Gasteiger charge is 2.09. The van der Waals surface area contributed by atoms with Gasteiger partial charge >= 0.3 is 5.97 Å². The van der Waals surface area contributed by atoms with Gasteiger partial charge in [-0.15, -0.1) is 5.10 Å². The van der Waals surface area contributed by atoms with Crippen molar-refractivity contribution in [3.8, 4) is 6.07 Å². The van der Waals surface area contributed by atoms with Crippen molar-refractivity contribution in [2.24, 2.45) is 0 Å². The Morgan fingerprint density at radius 3 is 2.88 bits per heavy atom. The topological polar surface area (TPSA) is 91.8 Å². The number of rotatable bonds is 3. The molecule has 1 aromatic heterocycles. The molecule has 1 N–H and O–H groups in total. The molecule has 0 atom stereocenters. The number of nitriles is 1. The number of hydrogen-bond donors (Lipinski definition) is 1. The van der Waals surface area contributed by atoms with Crippen LogP contribution in [0.2, 0.25) is 0 Å². The second-order valence-corrected chi connectivity index (χ2v) is 3.34. The molecule has 1 aromatic carbocycles. The van der Waals surface area contributed by atoms with Crippen LogP contribution in [0, 0.1) is 11.3 Å². The van der Waals surface area contributed by atoms with Gasteiger partial charge in [-0.05, 0) is 11.6 Å². The predicted octanol–water partition coefficient (Wildman–Crippen LogP) is 0.896. The molecule has 0 aliphatic heterocycles. The van der Waals surface area contributed by atoms with E-state index in [4.69, 9.17) is 10.4 Å². The summed E-state index contributed by atoms with van der Waals surface area (Å²) in [6, 6.07) is 9.14. The second-order valence-electron chi connectivity index (χ2n) is 3.34. The number of carboxylic acid groups (broad SMARTS) is 1. The molecule has 6 nitrogen and oxygen atoms in total. The van der Waals surface area contributed by atoms with Gasteiger partial charge in [0.15, 0.2) is 0 Å². The van der Waals surface area contributed by atoms with Crippen molar-refractivity contribution in [1.82, 2.24) is 14.8 Å². The van der Waals surface area contributed by atoms with E-state index in [1.54, 1.807) is 18.2 Å². The van der Waals surface area contributed by atoms with E-state index in [0.717, 1.165) is 5.56 Å². The first kappa shape index (κ1) is 10.8. The standard InChI is InChI=1S/C11H8N4O2/c12-5-8-3-1-2-4-9(8)6-15-7-13-10(14-15)11(16)17/h1-4,7H,6H2,(H,16,17). The van der Waals surface area contributed by atoms with Crippen LogP contribution in [0.25, 0.3) is 0 Å². The van der Waals surface area contributed by atoms with E-state index in [1.165, 1.54) is 11.0 Å². The summed E-state index contributed by atoms with van der Waals surface area (Å²) in [5.74, 6) is -1.42. The van der Waals surface area contributed by atoms with Crippen molar-refractivity contribution in [3.05, 3.63) is 47.5 Å². The van der Waals surface area contributed by atoms with Gasteiger partial charge in [-0.2, -0.15) is 5.26 Å². The van der Waals surface area contributed by atoms with Gasteiger partial charge < -0.3 is 5.11 Å². The Kier molecular flexibility index (Phi) is 2.83. The summed E-state index contributed by atoms with van der Waals surface area (Å²) in [4.78, 5) is 14.2. The fourth-order valence-corrected chi connectivity index (χ4v) is 1.41. The number of aromatic nitrogens is 3. The molecule has 6 heteroatoms. The highest BCUT2D eigenvalue weighted by atomic mass is 16.4. The molecule has 0 spiro atoms. The molecule has 0 aliphatic carbocycles. The van der Waals surface area contributed by atoms with Crippen molar-refractivity contribution in [2.45, 2.75) is 6.54 Å². The van der Waals surface area contributed by atoms with Crippen molar-refractivity contribution in [1.29, 1.82) is 5.26 Å². The summed E-state index contributed by atoms with van der Waals surface area (Å²) in [7, 11) is 0. The molecular formula is C11H8N4O2. The highest BCUT2D eigenvalue weighted by Crippen LogP contribution is 2.08. The molecule has 0 saturated carbocycles. The van der Waals surface area contributed by atoms with E-state index in [9.17, 15) is 4.79 Å². The van der Waals surface area contributed by atoms with Crippen molar-refractivity contribution in [3.63, 3.8) is 0 Å². The Labute approximate surface area is 96.8 Å². The first-order chi connectivity index (χ1) is 8.20. The van der Waals surface area contributed by atoms with Gasteiger partial charge in [0.25, 0.3) is 5.82 Å². The third kappa shape index (κ3) is 2.29. The van der Waals surface area contributed by atoms with Gasteiger partial charge in [0.1, 0.15) is 6.33 Å². The molecule has 17 heavy (non-hydrogen) atoms. The molecule has 0 bridgehead atoms. The fourth-order valence-electron chi connectivity index (χ4n) is 1.41. The molecule has 0 amide bonds. The summed E-state index contributed by atoms with van der Waals surface area (Å²) in [6.07, 6.45) is 1.33. The number of aromatic carboxylic acids is 1. The Morgan fingerprint density at radius 1 is 1.47 bits per heavy atom. The highest BCUT2D eigenvalue weighted by molar-refractivity contribution is 5.82. The molecule has 0 saturated heterocycles. The summed E-state index contributed by atoms with van der Waals surface area (Å²) in [5.41, 5.74) is 1.32. The maximum Gasteiger partial charge on any atom is 0.375 e. The lowest BCUT2D eigenvalue weighted by Gasteiger charge is -2.02. The molecule has 2 aromatic rings. The third-order valence-electron chi connectivity index (χ3n) is 2.20. The smallest absolute Gasteiger partial charge is 0.375 e. The van der Waals surface area contributed by atoms with E-state index in [0.29, 0.717) is 12.1 Å². The lowest BCUT2D eigenvalue weighted by molar-refractivity contribution is 0.0683. The predicted molar refractivity (Wildman–Crippen MR) is 57.2 cm³/mol. The molecule has 2 rings (SSSR count). The molecule has 84 valence electrons. The van der Waals surface area contributed by atoms with E-state index in [2.05, 4.69) is 16.2 Å². The van der Waals surface area contributed by atoms with Crippen LogP contribution in [0.1, 0.15) is 21.7 Å². The van der Waals surface area contributed by atoms with Crippen LogP contribution >= 0.6 is 0 Å². The minimum atomic E-state index is -1.17. The van der Waals surface area contributed by atoms with E-state index < -0.39 is 5.97 Å². The van der Waals surface area contributed by atoms with Crippen LogP contribution < -0.4 is 0 Å². The second kappa shape index (κ2) is 4.45. The minimum Gasteiger partial charge on any atom is -0.475 e. The number of hydrogen-bond acceptors (Lipinski definition) is 4. The van der Waals surface area contributed by atoms with Gasteiger partial charge in [0.05, 0.1) is 18.2 Å². The minimum absolute atomic E-state index is 0.251. The van der Waals surface area contributed by atoms with E-state index >= 15 is 0 Å².